The van der Waals surface area contributed by atoms with E-state index in [1.165, 1.54) is 5.56 Å². The van der Waals surface area contributed by atoms with E-state index >= 15 is 0 Å². The van der Waals surface area contributed by atoms with Crippen molar-refractivity contribution in [2.75, 3.05) is 33.3 Å². The number of ether oxygens (including phenoxy) is 1. The maximum atomic E-state index is 5.94. The first-order chi connectivity index (χ1) is 10.3. The van der Waals surface area contributed by atoms with Gasteiger partial charge in [0.15, 0.2) is 0 Å². The first kappa shape index (κ1) is 17.7. The molecule has 0 aliphatic carbocycles. The minimum atomic E-state index is 0.732. The van der Waals surface area contributed by atoms with Crippen molar-refractivity contribution >= 4 is 0 Å². The van der Waals surface area contributed by atoms with Crippen LogP contribution in [0.25, 0.3) is 0 Å². The van der Waals surface area contributed by atoms with Gasteiger partial charge in [-0.2, -0.15) is 0 Å². The highest BCUT2D eigenvalue weighted by atomic mass is 16.5. The molecule has 0 atom stereocenters. The molecule has 1 rings (SSSR count). The summed E-state index contributed by atoms with van der Waals surface area (Å²) >= 11 is 0. The molecule has 21 heavy (non-hydrogen) atoms. The van der Waals surface area contributed by atoms with Crippen LogP contribution in [-0.4, -0.2) is 38.2 Å². The molecule has 0 amide bonds. The second-order valence-corrected chi connectivity index (χ2v) is 5.37. The normalized spacial score (nSPS) is 10.8. The Hall–Kier alpha value is -1.32. The number of unbranched alkanes of at least 4 members (excludes halogenated alkanes) is 1. The van der Waals surface area contributed by atoms with Crippen LogP contribution >= 0.6 is 0 Å². The predicted octanol–water partition coefficient (Wildman–Crippen LogP) is 3.46. The molecule has 118 valence electrons. The lowest BCUT2D eigenvalue weighted by Gasteiger charge is -2.17. The summed E-state index contributed by atoms with van der Waals surface area (Å²) < 4.78 is 5.94. The van der Waals surface area contributed by atoms with Crippen molar-refractivity contribution in [2.24, 2.45) is 0 Å². The van der Waals surface area contributed by atoms with Gasteiger partial charge in [0, 0.05) is 18.7 Å². The summed E-state index contributed by atoms with van der Waals surface area (Å²) in [4.78, 5) is 2.31. The monoisotopic (exact) mass is 290 g/mol. The van der Waals surface area contributed by atoms with Gasteiger partial charge < -0.3 is 15.0 Å². The zero-order valence-electron chi connectivity index (χ0n) is 13.6. The molecule has 0 aliphatic heterocycles. The summed E-state index contributed by atoms with van der Waals surface area (Å²) in [5.41, 5.74) is 1.24. The van der Waals surface area contributed by atoms with E-state index in [1.54, 1.807) is 0 Å². The molecule has 3 heteroatoms. The Morgan fingerprint density at radius 1 is 1.29 bits per heavy atom. The highest BCUT2D eigenvalue weighted by Gasteiger charge is 2.03. The van der Waals surface area contributed by atoms with Gasteiger partial charge in [-0.15, -0.1) is 6.58 Å². The standard InChI is InChI=1S/C18H30N2O/c1-4-6-9-13-20(3)14-15-21-18-11-8-7-10-17(18)16-19-12-5-2/h4,7-8,10-11,19H,1,5-6,9,12-16H2,2-3H3. The van der Waals surface area contributed by atoms with Gasteiger partial charge in [0.05, 0.1) is 0 Å². The fourth-order valence-electron chi connectivity index (χ4n) is 2.12. The third-order valence-electron chi connectivity index (χ3n) is 3.39. The second-order valence-electron chi connectivity index (χ2n) is 5.37. The number of hydrogen-bond donors (Lipinski definition) is 1. The second kappa shape index (κ2) is 11.4. The van der Waals surface area contributed by atoms with Crippen molar-refractivity contribution in [1.82, 2.24) is 10.2 Å². The maximum Gasteiger partial charge on any atom is 0.123 e. The minimum Gasteiger partial charge on any atom is -0.492 e. The van der Waals surface area contributed by atoms with E-state index < -0.39 is 0 Å². The topological polar surface area (TPSA) is 24.5 Å². The average molecular weight is 290 g/mol. The van der Waals surface area contributed by atoms with Crippen LogP contribution in [0, 0.1) is 0 Å². The molecule has 0 aromatic heterocycles. The third-order valence-corrected chi connectivity index (χ3v) is 3.39. The SMILES string of the molecule is C=CCCCN(C)CCOc1ccccc1CNCCC. The minimum absolute atomic E-state index is 0.732. The number of para-hydroxylation sites is 1. The van der Waals surface area contributed by atoms with Gasteiger partial charge >= 0.3 is 0 Å². The number of hydrogen-bond acceptors (Lipinski definition) is 3. The zero-order valence-corrected chi connectivity index (χ0v) is 13.6. The van der Waals surface area contributed by atoms with E-state index in [1.807, 2.05) is 12.1 Å². The molecule has 1 aromatic carbocycles. The van der Waals surface area contributed by atoms with E-state index in [2.05, 4.69) is 49.0 Å². The number of nitrogens with one attached hydrogen (secondary N) is 1. The lowest BCUT2D eigenvalue weighted by Crippen LogP contribution is -2.25. The summed E-state index contributed by atoms with van der Waals surface area (Å²) in [6.07, 6.45) is 5.37. The van der Waals surface area contributed by atoms with Crippen LogP contribution in [0.3, 0.4) is 0 Å². The largest absolute Gasteiger partial charge is 0.492 e. The van der Waals surface area contributed by atoms with E-state index in [9.17, 15) is 0 Å². The molecule has 1 N–H and O–H groups in total. The first-order valence-corrected chi connectivity index (χ1v) is 7.98. The van der Waals surface area contributed by atoms with Crippen molar-refractivity contribution in [2.45, 2.75) is 32.7 Å². The Balaban J connectivity index is 2.32. The number of benzene rings is 1. The molecule has 0 spiro atoms. The molecule has 0 bridgehead atoms. The zero-order chi connectivity index (χ0) is 15.3. The maximum absolute atomic E-state index is 5.94. The number of likely N-dealkylation sites (N-methyl/N-ethyl adjacent to an activating group) is 1. The molecule has 0 saturated heterocycles. The van der Waals surface area contributed by atoms with Crippen molar-refractivity contribution in [1.29, 1.82) is 0 Å². The molecular weight excluding hydrogens is 260 g/mol. The van der Waals surface area contributed by atoms with Crippen LogP contribution in [0.5, 0.6) is 5.75 Å². The van der Waals surface area contributed by atoms with Crippen LogP contribution in [0.15, 0.2) is 36.9 Å². The van der Waals surface area contributed by atoms with Gasteiger partial charge in [0.1, 0.15) is 12.4 Å². The van der Waals surface area contributed by atoms with Crippen molar-refractivity contribution in [3.05, 3.63) is 42.5 Å². The lowest BCUT2D eigenvalue weighted by atomic mass is 10.2. The highest BCUT2D eigenvalue weighted by Crippen LogP contribution is 2.17. The van der Waals surface area contributed by atoms with Crippen LogP contribution in [-0.2, 0) is 6.54 Å². The quantitative estimate of drug-likeness (QED) is 0.471. The fourth-order valence-corrected chi connectivity index (χ4v) is 2.12. The van der Waals surface area contributed by atoms with Gasteiger partial charge in [0.2, 0.25) is 0 Å². The van der Waals surface area contributed by atoms with E-state index in [0.717, 1.165) is 57.8 Å². The van der Waals surface area contributed by atoms with Gasteiger partial charge in [0.25, 0.3) is 0 Å². The average Bonchev–Trinajstić information content (AvgIpc) is 2.49. The number of allylic oxidation sites excluding steroid dienone is 1. The Morgan fingerprint density at radius 2 is 2.10 bits per heavy atom. The lowest BCUT2D eigenvalue weighted by molar-refractivity contribution is 0.234. The van der Waals surface area contributed by atoms with Crippen LogP contribution < -0.4 is 10.1 Å². The Morgan fingerprint density at radius 3 is 2.86 bits per heavy atom. The van der Waals surface area contributed by atoms with Gasteiger partial charge in [-0.25, -0.2) is 0 Å². The van der Waals surface area contributed by atoms with Crippen LogP contribution in [0.4, 0.5) is 0 Å². The summed E-state index contributed by atoms with van der Waals surface area (Å²) in [7, 11) is 2.14. The van der Waals surface area contributed by atoms with E-state index in [4.69, 9.17) is 4.74 Å². The Kier molecular flexibility index (Phi) is 9.58. The molecule has 0 saturated carbocycles. The summed E-state index contributed by atoms with van der Waals surface area (Å²) in [6.45, 7) is 10.6. The summed E-state index contributed by atoms with van der Waals surface area (Å²) in [5, 5.41) is 3.43. The van der Waals surface area contributed by atoms with Gasteiger partial charge in [-0.3, -0.25) is 0 Å². The number of rotatable bonds is 12. The van der Waals surface area contributed by atoms with Gasteiger partial charge in [-0.1, -0.05) is 31.2 Å². The molecule has 0 heterocycles. The van der Waals surface area contributed by atoms with Crippen molar-refractivity contribution in [3.8, 4) is 5.75 Å². The first-order valence-electron chi connectivity index (χ1n) is 7.98. The molecule has 0 unspecified atom stereocenters. The van der Waals surface area contributed by atoms with Crippen LogP contribution in [0.1, 0.15) is 31.7 Å². The number of nitrogens with zero attached hydrogens (tertiary/aromatic N) is 1. The van der Waals surface area contributed by atoms with Crippen molar-refractivity contribution < 1.29 is 4.74 Å². The molecule has 0 fully saturated rings. The predicted molar refractivity (Wildman–Crippen MR) is 90.9 cm³/mol. The molecule has 1 aromatic rings. The van der Waals surface area contributed by atoms with Gasteiger partial charge in [-0.05, 0) is 45.5 Å². The third kappa shape index (κ3) is 7.88. The fraction of sp³-hybridized carbons (Fsp3) is 0.556. The Labute approximate surface area is 130 Å². The highest BCUT2D eigenvalue weighted by molar-refractivity contribution is 5.33. The van der Waals surface area contributed by atoms with Crippen LogP contribution in [0.2, 0.25) is 0 Å². The van der Waals surface area contributed by atoms with E-state index in [-0.39, 0.29) is 0 Å². The summed E-state index contributed by atoms with van der Waals surface area (Å²) in [5.74, 6) is 1.00. The smallest absolute Gasteiger partial charge is 0.123 e. The summed E-state index contributed by atoms with van der Waals surface area (Å²) in [6, 6.07) is 8.29. The molecule has 0 radical (unpaired) electrons. The van der Waals surface area contributed by atoms with E-state index in [0.29, 0.717) is 0 Å². The molecule has 3 nitrogen and oxygen atoms in total. The Bertz CT molecular complexity index is 393. The molecular formula is C18H30N2O. The molecule has 0 aliphatic rings. The van der Waals surface area contributed by atoms with Crippen molar-refractivity contribution in [3.63, 3.8) is 0 Å².